The highest BCUT2D eigenvalue weighted by Crippen LogP contribution is 2.15. The average molecular weight is 327 g/mol. The number of benzene rings is 1. The molecule has 1 atom stereocenters. The Balaban J connectivity index is 1.72. The monoisotopic (exact) mass is 327 g/mol. The third kappa shape index (κ3) is 3.29. The van der Waals surface area contributed by atoms with Gasteiger partial charge in [0, 0.05) is 36.6 Å². The van der Waals surface area contributed by atoms with E-state index in [1.165, 1.54) is 10.6 Å². The summed E-state index contributed by atoms with van der Waals surface area (Å²) in [6.07, 6.45) is 1.20. The second-order valence-electron chi connectivity index (χ2n) is 5.64. The lowest BCUT2D eigenvalue weighted by Crippen LogP contribution is -2.37. The van der Waals surface area contributed by atoms with Crippen LogP contribution in [-0.4, -0.2) is 45.7 Å². The molecule has 1 fully saturated rings. The molecule has 1 aromatic carbocycles. The van der Waals surface area contributed by atoms with Crippen molar-refractivity contribution < 1.29 is 14.7 Å². The first-order valence-electron chi connectivity index (χ1n) is 7.61. The van der Waals surface area contributed by atoms with Crippen LogP contribution in [0, 0.1) is 0 Å². The standard InChI is InChI=1S/C17H17N3O4/c21-15-3-1-2-9-20(15)14-6-4-12(5-7-14)16(22)19-10-8-13(11-19)18-17(23)24/h1-7,9,13,18H,8,10-11H2,(H,23,24). The van der Waals surface area contributed by atoms with Gasteiger partial charge in [0.05, 0.1) is 6.04 Å². The van der Waals surface area contributed by atoms with Gasteiger partial charge in [0.25, 0.3) is 11.5 Å². The molecule has 0 spiro atoms. The van der Waals surface area contributed by atoms with Crippen molar-refractivity contribution >= 4 is 12.0 Å². The van der Waals surface area contributed by atoms with Gasteiger partial charge in [-0.15, -0.1) is 0 Å². The van der Waals surface area contributed by atoms with Crippen LogP contribution in [0.3, 0.4) is 0 Å². The first-order valence-corrected chi connectivity index (χ1v) is 7.61. The quantitative estimate of drug-likeness (QED) is 0.889. The molecular weight excluding hydrogens is 310 g/mol. The number of aromatic nitrogens is 1. The van der Waals surface area contributed by atoms with Crippen LogP contribution in [0.1, 0.15) is 16.8 Å². The van der Waals surface area contributed by atoms with E-state index in [0.717, 1.165) is 0 Å². The maximum Gasteiger partial charge on any atom is 0.404 e. The minimum atomic E-state index is -1.08. The van der Waals surface area contributed by atoms with Gasteiger partial charge in [0.2, 0.25) is 0 Å². The van der Waals surface area contributed by atoms with Crippen LogP contribution in [0.25, 0.3) is 5.69 Å². The van der Waals surface area contributed by atoms with E-state index in [2.05, 4.69) is 5.32 Å². The summed E-state index contributed by atoms with van der Waals surface area (Å²) in [7, 11) is 0. The molecule has 1 aromatic heterocycles. The lowest BCUT2D eigenvalue weighted by atomic mass is 10.2. The van der Waals surface area contributed by atoms with Crippen molar-refractivity contribution in [2.24, 2.45) is 0 Å². The fourth-order valence-electron chi connectivity index (χ4n) is 2.83. The number of hydrogen-bond donors (Lipinski definition) is 2. The second kappa shape index (κ2) is 6.57. The smallest absolute Gasteiger partial charge is 0.404 e. The maximum absolute atomic E-state index is 12.5. The maximum atomic E-state index is 12.5. The van der Waals surface area contributed by atoms with Crippen molar-refractivity contribution in [1.29, 1.82) is 0 Å². The molecule has 0 radical (unpaired) electrons. The van der Waals surface area contributed by atoms with E-state index in [-0.39, 0.29) is 17.5 Å². The highest BCUT2D eigenvalue weighted by molar-refractivity contribution is 5.94. The first kappa shape index (κ1) is 15.8. The summed E-state index contributed by atoms with van der Waals surface area (Å²) in [5, 5.41) is 11.1. The lowest BCUT2D eigenvalue weighted by molar-refractivity contribution is 0.0788. The van der Waals surface area contributed by atoms with Crippen molar-refractivity contribution in [3.63, 3.8) is 0 Å². The van der Waals surface area contributed by atoms with Crippen LogP contribution in [0.15, 0.2) is 53.5 Å². The van der Waals surface area contributed by atoms with Gasteiger partial charge in [0.1, 0.15) is 0 Å². The fourth-order valence-corrected chi connectivity index (χ4v) is 2.83. The lowest BCUT2D eigenvalue weighted by Gasteiger charge is -2.17. The molecule has 1 unspecified atom stereocenters. The Morgan fingerprint density at radius 3 is 2.54 bits per heavy atom. The topological polar surface area (TPSA) is 91.6 Å². The summed E-state index contributed by atoms with van der Waals surface area (Å²) in [6, 6.07) is 11.5. The second-order valence-corrected chi connectivity index (χ2v) is 5.64. The van der Waals surface area contributed by atoms with E-state index in [1.54, 1.807) is 47.5 Å². The number of carbonyl (C=O) groups is 2. The van der Waals surface area contributed by atoms with Gasteiger partial charge in [-0.25, -0.2) is 4.79 Å². The number of amides is 2. The van der Waals surface area contributed by atoms with Crippen LogP contribution < -0.4 is 10.9 Å². The zero-order chi connectivity index (χ0) is 17.1. The minimum Gasteiger partial charge on any atom is -0.465 e. The molecule has 3 rings (SSSR count). The van der Waals surface area contributed by atoms with Crippen LogP contribution in [0.5, 0.6) is 0 Å². The van der Waals surface area contributed by atoms with Crippen LogP contribution in [0.2, 0.25) is 0 Å². The third-order valence-electron chi connectivity index (χ3n) is 4.02. The zero-order valence-corrected chi connectivity index (χ0v) is 12.9. The SMILES string of the molecule is O=C(O)NC1CCN(C(=O)c2ccc(-n3ccccc3=O)cc2)C1. The van der Waals surface area contributed by atoms with Gasteiger partial charge in [-0.05, 0) is 36.8 Å². The van der Waals surface area contributed by atoms with Crippen molar-refractivity contribution in [2.45, 2.75) is 12.5 Å². The summed E-state index contributed by atoms with van der Waals surface area (Å²) < 4.78 is 1.50. The fraction of sp³-hybridized carbons (Fsp3) is 0.235. The Labute approximate surface area is 138 Å². The van der Waals surface area contributed by atoms with E-state index >= 15 is 0 Å². The van der Waals surface area contributed by atoms with Crippen molar-refractivity contribution in [2.75, 3.05) is 13.1 Å². The van der Waals surface area contributed by atoms with Crippen molar-refractivity contribution in [1.82, 2.24) is 14.8 Å². The Bertz CT molecular complexity index is 813. The summed E-state index contributed by atoms with van der Waals surface area (Å²) in [5.41, 5.74) is 1.06. The number of likely N-dealkylation sites (tertiary alicyclic amines) is 1. The Morgan fingerprint density at radius 2 is 1.88 bits per heavy atom. The molecule has 0 bridgehead atoms. The van der Waals surface area contributed by atoms with Crippen molar-refractivity contribution in [3.8, 4) is 5.69 Å². The predicted molar refractivity (Wildman–Crippen MR) is 87.5 cm³/mol. The highest BCUT2D eigenvalue weighted by Gasteiger charge is 2.27. The van der Waals surface area contributed by atoms with Crippen molar-refractivity contribution in [3.05, 3.63) is 64.6 Å². The van der Waals surface area contributed by atoms with E-state index < -0.39 is 6.09 Å². The van der Waals surface area contributed by atoms with Gasteiger partial charge in [-0.1, -0.05) is 6.07 Å². The molecule has 124 valence electrons. The van der Waals surface area contributed by atoms with E-state index in [9.17, 15) is 14.4 Å². The molecule has 24 heavy (non-hydrogen) atoms. The molecular formula is C17H17N3O4. The number of carboxylic acid groups (broad SMARTS) is 1. The van der Waals surface area contributed by atoms with E-state index in [4.69, 9.17) is 5.11 Å². The van der Waals surface area contributed by atoms with Gasteiger partial charge < -0.3 is 15.3 Å². The van der Waals surface area contributed by atoms with Gasteiger partial charge in [0.15, 0.2) is 0 Å². The number of pyridine rings is 1. The molecule has 2 heterocycles. The summed E-state index contributed by atoms with van der Waals surface area (Å²) in [6.45, 7) is 0.884. The number of carbonyl (C=O) groups excluding carboxylic acids is 1. The van der Waals surface area contributed by atoms with Crippen LogP contribution >= 0.6 is 0 Å². The molecule has 7 nitrogen and oxygen atoms in total. The van der Waals surface area contributed by atoms with Crippen LogP contribution in [0.4, 0.5) is 4.79 Å². The first-order chi connectivity index (χ1) is 11.5. The van der Waals surface area contributed by atoms with Gasteiger partial charge >= 0.3 is 6.09 Å². The van der Waals surface area contributed by atoms with Gasteiger partial charge in [-0.3, -0.25) is 14.2 Å². The minimum absolute atomic E-state index is 0.140. The van der Waals surface area contributed by atoms with Crippen LogP contribution in [-0.2, 0) is 0 Å². The molecule has 1 saturated heterocycles. The Kier molecular flexibility index (Phi) is 4.33. The number of nitrogens with one attached hydrogen (secondary N) is 1. The average Bonchev–Trinajstić information content (AvgIpc) is 3.02. The molecule has 2 amide bonds. The largest absolute Gasteiger partial charge is 0.465 e. The van der Waals surface area contributed by atoms with E-state index in [1.807, 2.05) is 0 Å². The molecule has 7 heteroatoms. The summed E-state index contributed by atoms with van der Waals surface area (Å²) in [5.74, 6) is -0.142. The summed E-state index contributed by atoms with van der Waals surface area (Å²) >= 11 is 0. The predicted octanol–water partition coefficient (Wildman–Crippen LogP) is 1.32. The molecule has 0 saturated carbocycles. The molecule has 1 aliphatic rings. The number of rotatable bonds is 3. The zero-order valence-electron chi connectivity index (χ0n) is 12.9. The Morgan fingerprint density at radius 1 is 1.12 bits per heavy atom. The summed E-state index contributed by atoms with van der Waals surface area (Å²) in [4.78, 5) is 36.6. The number of hydrogen-bond acceptors (Lipinski definition) is 3. The normalized spacial score (nSPS) is 16.8. The molecule has 2 N–H and O–H groups in total. The molecule has 1 aliphatic heterocycles. The Hall–Kier alpha value is -3.09. The molecule has 0 aliphatic carbocycles. The third-order valence-corrected chi connectivity index (χ3v) is 4.02. The molecule has 2 aromatic rings. The van der Waals surface area contributed by atoms with Gasteiger partial charge in [-0.2, -0.15) is 0 Å². The highest BCUT2D eigenvalue weighted by atomic mass is 16.4. The van der Waals surface area contributed by atoms with E-state index in [0.29, 0.717) is 30.8 Å². The number of nitrogens with zero attached hydrogens (tertiary/aromatic N) is 2.